The molecule has 2 rings (SSSR count). The van der Waals surface area contributed by atoms with Crippen LogP contribution in [0.4, 0.5) is 15.8 Å². The van der Waals surface area contributed by atoms with E-state index >= 15 is 0 Å². The molecule has 0 heterocycles. The zero-order valence-electron chi connectivity index (χ0n) is 16.0. The van der Waals surface area contributed by atoms with Gasteiger partial charge in [-0.3, -0.25) is 9.10 Å². The number of hydrogen-bond donors (Lipinski definition) is 1. The highest BCUT2D eigenvalue weighted by molar-refractivity contribution is 7.92. The van der Waals surface area contributed by atoms with Crippen molar-refractivity contribution in [1.29, 1.82) is 0 Å². The molecule has 0 bridgehead atoms. The number of carbonyl (C=O) groups excluding carboxylic acids is 2. The van der Waals surface area contributed by atoms with E-state index in [9.17, 15) is 22.4 Å². The topological polar surface area (TPSA) is 92.8 Å². The number of amides is 1. The fourth-order valence-corrected chi connectivity index (χ4v) is 4.06. The molecule has 0 aliphatic rings. The van der Waals surface area contributed by atoms with Crippen LogP contribution in [-0.2, 0) is 19.6 Å². The molecule has 29 heavy (non-hydrogen) atoms. The number of nitrogens with zero attached hydrogens (tertiary/aromatic N) is 1. The van der Waals surface area contributed by atoms with Crippen molar-refractivity contribution in [1.82, 2.24) is 0 Å². The summed E-state index contributed by atoms with van der Waals surface area (Å²) < 4.78 is 44.2. The number of nitrogens with one attached hydrogen (secondary N) is 1. The lowest BCUT2D eigenvalue weighted by Crippen LogP contribution is -2.45. The normalized spacial score (nSPS) is 12.2. The first-order chi connectivity index (χ1) is 13.6. The third-order valence-electron chi connectivity index (χ3n) is 3.91. The van der Waals surface area contributed by atoms with Gasteiger partial charge in [-0.2, -0.15) is 0 Å². The van der Waals surface area contributed by atoms with Crippen LogP contribution in [0.25, 0.3) is 0 Å². The van der Waals surface area contributed by atoms with E-state index in [1.807, 2.05) is 0 Å². The Balaban J connectivity index is 2.28. The summed E-state index contributed by atoms with van der Waals surface area (Å²) in [6, 6.07) is 8.14. The summed E-state index contributed by atoms with van der Waals surface area (Å²) in [6.45, 7) is 3.17. The van der Waals surface area contributed by atoms with Gasteiger partial charge in [0.1, 0.15) is 11.9 Å². The van der Waals surface area contributed by atoms with E-state index in [-0.39, 0.29) is 28.6 Å². The molecule has 156 valence electrons. The van der Waals surface area contributed by atoms with Crippen LogP contribution in [0.3, 0.4) is 0 Å². The van der Waals surface area contributed by atoms with Gasteiger partial charge in [0.05, 0.1) is 29.1 Å². The molecule has 1 N–H and O–H groups in total. The average Bonchev–Trinajstić information content (AvgIpc) is 2.62. The largest absolute Gasteiger partial charge is 0.462 e. The molecule has 0 radical (unpaired) electrons. The van der Waals surface area contributed by atoms with Crippen LogP contribution >= 0.6 is 11.6 Å². The highest BCUT2D eigenvalue weighted by Crippen LogP contribution is 2.26. The Bertz CT molecular complexity index is 1030. The van der Waals surface area contributed by atoms with Crippen LogP contribution in [0.2, 0.25) is 5.02 Å². The third kappa shape index (κ3) is 5.45. The Hall–Kier alpha value is -2.65. The van der Waals surface area contributed by atoms with E-state index in [2.05, 4.69) is 5.32 Å². The summed E-state index contributed by atoms with van der Waals surface area (Å²) in [5, 5.41) is 2.58. The number of anilines is 2. The third-order valence-corrected chi connectivity index (χ3v) is 5.45. The SMILES string of the molecule is CCOC(=O)c1ccc(NC(=O)C(C)N(c2ccccc2F)S(C)(=O)=O)cc1Cl. The highest BCUT2D eigenvalue weighted by atomic mass is 35.5. The van der Waals surface area contributed by atoms with Crippen LogP contribution in [0.1, 0.15) is 24.2 Å². The molecule has 10 heteroatoms. The zero-order valence-corrected chi connectivity index (χ0v) is 17.6. The summed E-state index contributed by atoms with van der Waals surface area (Å²) in [7, 11) is -3.96. The first-order valence-electron chi connectivity index (χ1n) is 8.57. The van der Waals surface area contributed by atoms with Gasteiger partial charge in [-0.05, 0) is 44.2 Å². The van der Waals surface area contributed by atoms with Gasteiger partial charge in [0, 0.05) is 5.69 Å². The fourth-order valence-electron chi connectivity index (χ4n) is 2.63. The van der Waals surface area contributed by atoms with E-state index in [0.717, 1.165) is 12.3 Å². The molecule has 0 saturated heterocycles. The first-order valence-corrected chi connectivity index (χ1v) is 10.8. The molecule has 1 atom stereocenters. The molecule has 0 spiro atoms. The summed E-state index contributed by atoms with van der Waals surface area (Å²) in [5.74, 6) is -2.09. The first kappa shape index (κ1) is 22.6. The Morgan fingerprint density at radius 1 is 1.24 bits per heavy atom. The van der Waals surface area contributed by atoms with Gasteiger partial charge >= 0.3 is 5.97 Å². The van der Waals surface area contributed by atoms with Gasteiger partial charge in [0.15, 0.2) is 0 Å². The number of para-hydroxylation sites is 1. The molecule has 2 aromatic rings. The summed E-state index contributed by atoms with van der Waals surface area (Å²) in [6.07, 6.45) is 0.883. The monoisotopic (exact) mass is 442 g/mol. The second-order valence-electron chi connectivity index (χ2n) is 6.09. The lowest BCUT2D eigenvalue weighted by Gasteiger charge is -2.28. The summed E-state index contributed by atoms with van der Waals surface area (Å²) in [5.41, 5.74) is 0.124. The molecule has 1 unspecified atom stereocenters. The van der Waals surface area contributed by atoms with Crippen LogP contribution in [-0.4, -0.2) is 39.2 Å². The van der Waals surface area contributed by atoms with Gasteiger partial charge in [0.25, 0.3) is 0 Å². The molecule has 0 aliphatic carbocycles. The Kier molecular flexibility index (Phi) is 7.21. The lowest BCUT2D eigenvalue weighted by molar-refractivity contribution is -0.116. The fraction of sp³-hybridized carbons (Fsp3) is 0.263. The maximum absolute atomic E-state index is 14.2. The average molecular weight is 443 g/mol. The molecular weight excluding hydrogens is 423 g/mol. The van der Waals surface area contributed by atoms with Gasteiger partial charge in [0.2, 0.25) is 15.9 Å². The molecule has 2 aromatic carbocycles. The van der Waals surface area contributed by atoms with Crippen molar-refractivity contribution >= 4 is 44.9 Å². The molecule has 1 amide bonds. The molecule has 0 aliphatic heterocycles. The Morgan fingerprint density at radius 2 is 1.90 bits per heavy atom. The van der Waals surface area contributed by atoms with Crippen LogP contribution in [0, 0.1) is 5.82 Å². The number of halogens is 2. The van der Waals surface area contributed by atoms with Crippen LogP contribution in [0.5, 0.6) is 0 Å². The Morgan fingerprint density at radius 3 is 2.45 bits per heavy atom. The number of benzene rings is 2. The van der Waals surface area contributed by atoms with Crippen molar-refractivity contribution in [2.24, 2.45) is 0 Å². The van der Waals surface area contributed by atoms with E-state index in [0.29, 0.717) is 4.31 Å². The second kappa shape index (κ2) is 9.23. The number of sulfonamides is 1. The molecule has 0 saturated carbocycles. The quantitative estimate of drug-likeness (QED) is 0.663. The zero-order chi connectivity index (χ0) is 21.8. The molecule has 0 fully saturated rings. The smallest absolute Gasteiger partial charge is 0.339 e. The van der Waals surface area contributed by atoms with Crippen molar-refractivity contribution in [2.45, 2.75) is 19.9 Å². The van der Waals surface area contributed by atoms with Crippen LogP contribution < -0.4 is 9.62 Å². The van der Waals surface area contributed by atoms with Crippen LogP contribution in [0.15, 0.2) is 42.5 Å². The summed E-state index contributed by atoms with van der Waals surface area (Å²) >= 11 is 6.07. The number of ether oxygens (including phenoxy) is 1. The van der Waals surface area contributed by atoms with Crippen molar-refractivity contribution in [3.63, 3.8) is 0 Å². The molecule has 0 aromatic heterocycles. The second-order valence-corrected chi connectivity index (χ2v) is 8.36. The van der Waals surface area contributed by atoms with E-state index in [1.54, 1.807) is 6.92 Å². The van der Waals surface area contributed by atoms with Gasteiger partial charge in [-0.1, -0.05) is 23.7 Å². The number of esters is 1. The van der Waals surface area contributed by atoms with Crippen molar-refractivity contribution in [3.8, 4) is 0 Å². The molecule has 7 nitrogen and oxygen atoms in total. The van der Waals surface area contributed by atoms with Gasteiger partial charge in [-0.15, -0.1) is 0 Å². The standard InChI is InChI=1S/C19H20ClFN2O5S/c1-4-28-19(25)14-10-9-13(11-15(14)20)22-18(24)12(2)23(29(3,26)27)17-8-6-5-7-16(17)21/h5-12H,4H2,1-3H3,(H,22,24). The number of rotatable bonds is 7. The van der Waals surface area contributed by atoms with E-state index in [1.165, 1.54) is 43.3 Å². The van der Waals surface area contributed by atoms with E-state index < -0.39 is 33.8 Å². The lowest BCUT2D eigenvalue weighted by atomic mass is 10.2. The predicted octanol–water partition coefficient (Wildman–Crippen LogP) is 3.45. The van der Waals surface area contributed by atoms with Gasteiger partial charge < -0.3 is 10.1 Å². The minimum absolute atomic E-state index is 0.0583. The molecular formula is C19H20ClFN2O5S. The number of carbonyl (C=O) groups is 2. The van der Waals surface area contributed by atoms with Crippen molar-refractivity contribution in [2.75, 3.05) is 22.5 Å². The minimum Gasteiger partial charge on any atom is -0.462 e. The Labute approximate surface area is 173 Å². The van der Waals surface area contributed by atoms with E-state index in [4.69, 9.17) is 16.3 Å². The van der Waals surface area contributed by atoms with Gasteiger partial charge in [-0.25, -0.2) is 17.6 Å². The van der Waals surface area contributed by atoms with Crippen molar-refractivity contribution in [3.05, 3.63) is 58.9 Å². The maximum Gasteiger partial charge on any atom is 0.339 e. The predicted molar refractivity (Wildman–Crippen MR) is 109 cm³/mol. The van der Waals surface area contributed by atoms with Crippen molar-refractivity contribution < 1.29 is 27.1 Å². The maximum atomic E-state index is 14.2. The highest BCUT2D eigenvalue weighted by Gasteiger charge is 2.31. The minimum atomic E-state index is -3.96. The number of hydrogen-bond acceptors (Lipinski definition) is 5. The summed E-state index contributed by atoms with van der Waals surface area (Å²) in [4.78, 5) is 24.4.